The van der Waals surface area contributed by atoms with Gasteiger partial charge in [-0.3, -0.25) is 9.79 Å². The third kappa shape index (κ3) is 6.79. The lowest BCUT2D eigenvalue weighted by atomic mass is 9.97. The highest BCUT2D eigenvalue weighted by atomic mass is 127. The van der Waals surface area contributed by atoms with Crippen molar-refractivity contribution in [2.24, 2.45) is 10.9 Å². The van der Waals surface area contributed by atoms with Crippen LogP contribution in [0.5, 0.6) is 0 Å². The molecule has 2 heterocycles. The molecule has 1 aromatic heterocycles. The predicted octanol–water partition coefficient (Wildman–Crippen LogP) is 2.90. The maximum atomic E-state index is 11.9. The molecule has 7 nitrogen and oxygen atoms in total. The van der Waals surface area contributed by atoms with E-state index in [0.717, 1.165) is 56.4 Å². The molecule has 1 fully saturated rings. The van der Waals surface area contributed by atoms with E-state index in [1.165, 1.54) is 0 Å². The number of rotatable bonds is 7. The summed E-state index contributed by atoms with van der Waals surface area (Å²) in [6, 6.07) is 4.17. The van der Waals surface area contributed by atoms with Gasteiger partial charge in [-0.1, -0.05) is 6.07 Å². The van der Waals surface area contributed by atoms with E-state index in [2.05, 4.69) is 51.1 Å². The van der Waals surface area contributed by atoms with Crippen LogP contribution in [-0.2, 0) is 16.1 Å². The Kier molecular flexibility index (Phi) is 11.2. The summed E-state index contributed by atoms with van der Waals surface area (Å²) < 4.78 is 5.14. The van der Waals surface area contributed by atoms with Crippen molar-refractivity contribution in [3.63, 3.8) is 0 Å². The SMILES string of the molecule is CCOC(=O)C1CCN(C(=NC)NCc2ccc(N(CC)CC)nc2)CC1.I. The van der Waals surface area contributed by atoms with E-state index in [0.29, 0.717) is 13.2 Å². The summed E-state index contributed by atoms with van der Waals surface area (Å²) in [5, 5.41) is 3.41. The Bertz CT molecular complexity index is 612. The van der Waals surface area contributed by atoms with E-state index in [1.807, 2.05) is 13.1 Å². The van der Waals surface area contributed by atoms with Gasteiger partial charge in [-0.15, -0.1) is 24.0 Å². The number of carbonyl (C=O) groups excluding carboxylic acids is 1. The maximum Gasteiger partial charge on any atom is 0.309 e. The number of likely N-dealkylation sites (tertiary alicyclic amines) is 1. The van der Waals surface area contributed by atoms with Gasteiger partial charge in [-0.2, -0.15) is 0 Å². The Morgan fingerprint density at radius 1 is 1.29 bits per heavy atom. The number of anilines is 1. The molecule has 0 atom stereocenters. The summed E-state index contributed by atoms with van der Waals surface area (Å²) in [7, 11) is 1.79. The molecule has 1 aliphatic rings. The van der Waals surface area contributed by atoms with Gasteiger partial charge in [0, 0.05) is 46.0 Å². The number of halogens is 1. The topological polar surface area (TPSA) is 70.1 Å². The number of carbonyl (C=O) groups is 1. The zero-order chi connectivity index (χ0) is 19.6. The van der Waals surface area contributed by atoms with Crippen molar-refractivity contribution in [1.82, 2.24) is 15.2 Å². The molecule has 158 valence electrons. The predicted molar refractivity (Wildman–Crippen MR) is 124 cm³/mol. The molecule has 0 aromatic carbocycles. The van der Waals surface area contributed by atoms with Crippen LogP contribution in [0.25, 0.3) is 0 Å². The van der Waals surface area contributed by atoms with E-state index in [-0.39, 0.29) is 35.9 Å². The number of nitrogens with zero attached hydrogens (tertiary/aromatic N) is 4. The third-order valence-corrected chi connectivity index (χ3v) is 4.97. The normalized spacial score (nSPS) is 15.0. The monoisotopic (exact) mass is 503 g/mol. The van der Waals surface area contributed by atoms with Gasteiger partial charge in [-0.05, 0) is 45.2 Å². The van der Waals surface area contributed by atoms with Crippen molar-refractivity contribution in [2.45, 2.75) is 40.2 Å². The molecule has 1 aromatic rings. The average Bonchev–Trinajstić information content (AvgIpc) is 2.71. The number of nitrogens with one attached hydrogen (secondary N) is 1. The number of esters is 1. The summed E-state index contributed by atoms with van der Waals surface area (Å²) >= 11 is 0. The van der Waals surface area contributed by atoms with E-state index in [9.17, 15) is 4.79 Å². The number of hydrogen-bond donors (Lipinski definition) is 1. The van der Waals surface area contributed by atoms with Gasteiger partial charge in [0.15, 0.2) is 5.96 Å². The average molecular weight is 503 g/mol. The fourth-order valence-electron chi connectivity index (χ4n) is 3.36. The fourth-order valence-corrected chi connectivity index (χ4v) is 3.36. The van der Waals surface area contributed by atoms with Crippen LogP contribution in [0.2, 0.25) is 0 Å². The summed E-state index contributed by atoms with van der Waals surface area (Å²) in [6.07, 6.45) is 3.53. The van der Waals surface area contributed by atoms with Crippen molar-refractivity contribution in [2.75, 3.05) is 44.7 Å². The molecule has 0 unspecified atom stereocenters. The first-order chi connectivity index (χ1) is 13.1. The fraction of sp³-hybridized carbons (Fsp3) is 0.650. The van der Waals surface area contributed by atoms with Crippen LogP contribution in [-0.4, -0.2) is 61.6 Å². The van der Waals surface area contributed by atoms with Crippen LogP contribution in [0.15, 0.2) is 23.3 Å². The number of pyridine rings is 1. The first kappa shape index (κ1) is 24.5. The van der Waals surface area contributed by atoms with Gasteiger partial charge in [0.2, 0.25) is 0 Å². The molecule has 0 saturated carbocycles. The van der Waals surface area contributed by atoms with Crippen molar-refractivity contribution in [3.8, 4) is 0 Å². The van der Waals surface area contributed by atoms with E-state index < -0.39 is 0 Å². The number of guanidine groups is 1. The lowest BCUT2D eigenvalue weighted by Crippen LogP contribution is -2.46. The Morgan fingerprint density at radius 3 is 2.46 bits per heavy atom. The lowest BCUT2D eigenvalue weighted by Gasteiger charge is -2.33. The number of ether oxygens (including phenoxy) is 1. The largest absolute Gasteiger partial charge is 0.466 e. The van der Waals surface area contributed by atoms with Crippen LogP contribution in [0, 0.1) is 5.92 Å². The molecule has 2 rings (SSSR count). The molecule has 8 heteroatoms. The first-order valence-electron chi connectivity index (χ1n) is 9.94. The van der Waals surface area contributed by atoms with Crippen molar-refractivity contribution < 1.29 is 9.53 Å². The zero-order valence-electron chi connectivity index (χ0n) is 17.5. The smallest absolute Gasteiger partial charge is 0.309 e. The minimum atomic E-state index is -0.0699. The van der Waals surface area contributed by atoms with E-state index in [1.54, 1.807) is 7.05 Å². The molecular weight excluding hydrogens is 469 g/mol. The first-order valence-corrected chi connectivity index (χ1v) is 9.94. The second kappa shape index (κ2) is 12.8. The summed E-state index contributed by atoms with van der Waals surface area (Å²) in [5.74, 6) is 1.81. The van der Waals surface area contributed by atoms with Crippen LogP contribution in [0.3, 0.4) is 0 Å². The second-order valence-electron chi connectivity index (χ2n) is 6.61. The zero-order valence-corrected chi connectivity index (χ0v) is 19.8. The maximum absolute atomic E-state index is 11.9. The quantitative estimate of drug-likeness (QED) is 0.267. The molecule has 1 aliphatic heterocycles. The Morgan fingerprint density at radius 2 is 1.96 bits per heavy atom. The van der Waals surface area contributed by atoms with E-state index >= 15 is 0 Å². The van der Waals surface area contributed by atoms with Crippen molar-refractivity contribution >= 4 is 41.7 Å². The molecule has 0 spiro atoms. The summed E-state index contributed by atoms with van der Waals surface area (Å²) in [5.41, 5.74) is 1.12. The minimum Gasteiger partial charge on any atom is -0.466 e. The Balaban J connectivity index is 0.00000392. The summed E-state index contributed by atoms with van der Waals surface area (Å²) in [4.78, 5) is 25.3. The Hall–Kier alpha value is -1.58. The van der Waals surface area contributed by atoms with Crippen LogP contribution >= 0.6 is 24.0 Å². The number of piperidine rings is 1. The van der Waals surface area contributed by atoms with Crippen LogP contribution in [0.1, 0.15) is 39.2 Å². The highest BCUT2D eigenvalue weighted by molar-refractivity contribution is 14.0. The number of aliphatic imine (C=N–C) groups is 1. The second-order valence-corrected chi connectivity index (χ2v) is 6.61. The van der Waals surface area contributed by atoms with Gasteiger partial charge in [0.25, 0.3) is 0 Å². The molecule has 0 bridgehead atoms. The standard InChI is InChI=1S/C20H33N5O2.HI/c1-5-24(6-2)18-9-8-16(14-22-18)15-23-20(21-4)25-12-10-17(11-13-25)19(26)27-7-3;/h8-9,14,17H,5-7,10-13,15H2,1-4H3,(H,21,23);1H. The summed E-state index contributed by atoms with van der Waals surface area (Å²) in [6.45, 7) is 10.8. The molecule has 1 saturated heterocycles. The van der Waals surface area contributed by atoms with Crippen molar-refractivity contribution in [3.05, 3.63) is 23.9 Å². The lowest BCUT2D eigenvalue weighted by molar-refractivity contribution is -0.149. The molecular formula is C20H34IN5O2. The van der Waals surface area contributed by atoms with Crippen molar-refractivity contribution in [1.29, 1.82) is 0 Å². The van der Waals surface area contributed by atoms with Crippen LogP contribution in [0.4, 0.5) is 5.82 Å². The third-order valence-electron chi connectivity index (χ3n) is 4.97. The number of hydrogen-bond acceptors (Lipinski definition) is 5. The van der Waals surface area contributed by atoms with Crippen LogP contribution < -0.4 is 10.2 Å². The van der Waals surface area contributed by atoms with Gasteiger partial charge in [0.1, 0.15) is 5.82 Å². The van der Waals surface area contributed by atoms with Gasteiger partial charge >= 0.3 is 5.97 Å². The molecule has 0 radical (unpaired) electrons. The van der Waals surface area contributed by atoms with Gasteiger partial charge < -0.3 is 19.9 Å². The molecule has 0 aliphatic carbocycles. The van der Waals surface area contributed by atoms with E-state index in [4.69, 9.17) is 4.74 Å². The van der Waals surface area contributed by atoms with Gasteiger partial charge in [-0.25, -0.2) is 4.98 Å². The number of aromatic nitrogens is 1. The molecule has 1 N–H and O–H groups in total. The molecule has 0 amide bonds. The highest BCUT2D eigenvalue weighted by Crippen LogP contribution is 2.19. The minimum absolute atomic E-state index is 0. The molecule has 28 heavy (non-hydrogen) atoms. The van der Waals surface area contributed by atoms with Gasteiger partial charge in [0.05, 0.1) is 12.5 Å². The highest BCUT2D eigenvalue weighted by Gasteiger charge is 2.27. The Labute approximate surface area is 186 Å².